The molecule has 7 nitrogen and oxygen atoms in total. The van der Waals surface area contributed by atoms with Gasteiger partial charge in [0.25, 0.3) is 0 Å². The van der Waals surface area contributed by atoms with E-state index in [1.165, 1.54) is 0 Å². The van der Waals surface area contributed by atoms with Crippen LogP contribution in [-0.2, 0) is 13.0 Å². The summed E-state index contributed by atoms with van der Waals surface area (Å²) in [5, 5.41) is 14.1. The molecule has 0 atom stereocenters. The molecule has 2 heterocycles. The van der Waals surface area contributed by atoms with Crippen molar-refractivity contribution in [2.45, 2.75) is 13.0 Å². The lowest BCUT2D eigenvalue weighted by molar-refractivity contribution is 0.273. The predicted molar refractivity (Wildman–Crippen MR) is 79.0 cm³/mol. The van der Waals surface area contributed by atoms with Crippen molar-refractivity contribution in [2.24, 2.45) is 0 Å². The summed E-state index contributed by atoms with van der Waals surface area (Å²) in [6.07, 6.45) is 4.40. The van der Waals surface area contributed by atoms with Crippen molar-refractivity contribution in [1.29, 1.82) is 0 Å². The first-order valence-electron chi connectivity index (χ1n) is 6.34. The Hall–Kier alpha value is -1.83. The summed E-state index contributed by atoms with van der Waals surface area (Å²) in [6.45, 7) is 1.38. The third-order valence-electron chi connectivity index (χ3n) is 3.02. The molecule has 3 rings (SSSR count). The largest absolute Gasteiger partial charge is 0.305 e. The lowest BCUT2D eigenvalue weighted by atomic mass is 10.1. The number of hydrazine groups is 2. The molecule has 0 saturated heterocycles. The zero-order chi connectivity index (χ0) is 14.7. The number of halogens is 2. The number of benzene rings is 1. The molecule has 0 unspecified atom stereocenters. The Bertz CT molecular complexity index is 641. The Labute approximate surface area is 131 Å². The van der Waals surface area contributed by atoms with Gasteiger partial charge in [-0.1, -0.05) is 29.3 Å². The average Bonchev–Trinajstić information content (AvgIpc) is 3.13. The van der Waals surface area contributed by atoms with Crippen LogP contribution in [-0.4, -0.2) is 31.8 Å². The van der Waals surface area contributed by atoms with Gasteiger partial charge in [0, 0.05) is 12.7 Å². The van der Waals surface area contributed by atoms with Gasteiger partial charge < -0.3 is 5.43 Å². The second-order valence-corrected chi connectivity index (χ2v) is 5.40. The smallest absolute Gasteiger partial charge is 0.138 e. The van der Waals surface area contributed by atoms with E-state index in [9.17, 15) is 0 Å². The van der Waals surface area contributed by atoms with Crippen molar-refractivity contribution in [1.82, 2.24) is 36.2 Å². The van der Waals surface area contributed by atoms with Crippen LogP contribution in [0.3, 0.4) is 0 Å². The van der Waals surface area contributed by atoms with Crippen LogP contribution in [0.25, 0.3) is 0 Å². The van der Waals surface area contributed by atoms with E-state index in [4.69, 9.17) is 23.2 Å². The number of tetrazole rings is 1. The number of hydrogen-bond donors (Lipinski definition) is 2. The second kappa shape index (κ2) is 6.30. The fourth-order valence-electron chi connectivity index (χ4n) is 1.97. The van der Waals surface area contributed by atoms with E-state index in [0.29, 0.717) is 16.6 Å². The van der Waals surface area contributed by atoms with Crippen LogP contribution in [0.4, 0.5) is 0 Å². The summed E-state index contributed by atoms with van der Waals surface area (Å²) < 4.78 is 1.64. The molecule has 0 aliphatic carbocycles. The van der Waals surface area contributed by atoms with Crippen molar-refractivity contribution in [2.75, 3.05) is 6.54 Å². The molecule has 0 saturated carbocycles. The standard InChI is InChI=1S/C12H13Cl2N7/c13-11-2-1-9(5-12(11)14)3-4-20-6-10(16-18-20)7-21-8-15-17-19-21/h1-2,5-6,8,16,18H,3-4,7H2. The van der Waals surface area contributed by atoms with Gasteiger partial charge in [-0.3, -0.25) is 5.01 Å². The van der Waals surface area contributed by atoms with Gasteiger partial charge in [-0.2, -0.15) is 0 Å². The summed E-state index contributed by atoms with van der Waals surface area (Å²) in [7, 11) is 0. The molecule has 110 valence electrons. The lowest BCUT2D eigenvalue weighted by Crippen LogP contribution is -2.37. The van der Waals surface area contributed by atoms with Crippen molar-refractivity contribution < 1.29 is 0 Å². The number of nitrogens with zero attached hydrogens (tertiary/aromatic N) is 5. The molecule has 2 aromatic rings. The first kappa shape index (κ1) is 14.1. The summed E-state index contributed by atoms with van der Waals surface area (Å²) in [5.74, 6) is 0. The molecule has 0 radical (unpaired) electrons. The molecule has 1 aromatic carbocycles. The van der Waals surface area contributed by atoms with E-state index >= 15 is 0 Å². The van der Waals surface area contributed by atoms with E-state index in [1.807, 2.05) is 29.4 Å². The van der Waals surface area contributed by atoms with E-state index in [0.717, 1.165) is 24.2 Å². The van der Waals surface area contributed by atoms with Crippen molar-refractivity contribution in [3.05, 3.63) is 52.0 Å². The molecule has 2 N–H and O–H groups in total. The Balaban J connectivity index is 1.54. The van der Waals surface area contributed by atoms with Crippen molar-refractivity contribution in [3.8, 4) is 0 Å². The molecule has 0 amide bonds. The number of rotatable bonds is 5. The number of hydrogen-bond acceptors (Lipinski definition) is 6. The van der Waals surface area contributed by atoms with E-state index < -0.39 is 0 Å². The zero-order valence-electron chi connectivity index (χ0n) is 11.0. The molecule has 0 fully saturated rings. The highest BCUT2D eigenvalue weighted by Gasteiger charge is 2.12. The minimum absolute atomic E-state index is 0.574. The molecule has 1 aliphatic heterocycles. The highest BCUT2D eigenvalue weighted by Crippen LogP contribution is 2.22. The van der Waals surface area contributed by atoms with E-state index in [-0.39, 0.29) is 0 Å². The normalized spacial score (nSPS) is 14.2. The maximum atomic E-state index is 6.00. The summed E-state index contributed by atoms with van der Waals surface area (Å²) >= 11 is 11.9. The maximum Gasteiger partial charge on any atom is 0.138 e. The van der Waals surface area contributed by atoms with Crippen molar-refractivity contribution in [3.63, 3.8) is 0 Å². The summed E-state index contributed by atoms with van der Waals surface area (Å²) in [5.41, 5.74) is 8.26. The van der Waals surface area contributed by atoms with Crippen LogP contribution in [0.15, 0.2) is 36.4 Å². The Morgan fingerprint density at radius 1 is 1.19 bits per heavy atom. The fourth-order valence-corrected chi connectivity index (χ4v) is 2.29. The van der Waals surface area contributed by atoms with Gasteiger partial charge in [-0.05, 0) is 34.5 Å². The molecule has 0 spiro atoms. The van der Waals surface area contributed by atoms with Gasteiger partial charge in [0.05, 0.1) is 22.3 Å². The number of allylic oxidation sites excluding steroid dienone is 1. The van der Waals surface area contributed by atoms with Gasteiger partial charge in [0.15, 0.2) is 0 Å². The predicted octanol–water partition coefficient (Wildman–Crippen LogP) is 1.39. The quantitative estimate of drug-likeness (QED) is 0.865. The van der Waals surface area contributed by atoms with Gasteiger partial charge in [0.1, 0.15) is 6.33 Å². The molecule has 0 bridgehead atoms. The molecule has 21 heavy (non-hydrogen) atoms. The Morgan fingerprint density at radius 3 is 2.86 bits per heavy atom. The van der Waals surface area contributed by atoms with Gasteiger partial charge >= 0.3 is 0 Å². The minimum atomic E-state index is 0.574. The topological polar surface area (TPSA) is 70.9 Å². The second-order valence-electron chi connectivity index (χ2n) is 4.59. The highest BCUT2D eigenvalue weighted by atomic mass is 35.5. The monoisotopic (exact) mass is 325 g/mol. The lowest BCUT2D eigenvalue weighted by Gasteiger charge is -2.15. The molecular weight excluding hydrogens is 313 g/mol. The molecule has 1 aliphatic rings. The first-order chi connectivity index (χ1) is 10.2. The zero-order valence-corrected chi connectivity index (χ0v) is 12.5. The van der Waals surface area contributed by atoms with Crippen LogP contribution >= 0.6 is 23.2 Å². The van der Waals surface area contributed by atoms with Crippen LogP contribution in [0, 0.1) is 0 Å². The average molecular weight is 326 g/mol. The molecule has 9 heteroatoms. The minimum Gasteiger partial charge on any atom is -0.305 e. The fraction of sp³-hybridized carbons (Fsp3) is 0.250. The number of nitrogens with one attached hydrogen (secondary N) is 2. The van der Waals surface area contributed by atoms with Crippen molar-refractivity contribution >= 4 is 23.2 Å². The van der Waals surface area contributed by atoms with Crippen LogP contribution in [0.1, 0.15) is 5.56 Å². The third-order valence-corrected chi connectivity index (χ3v) is 3.76. The van der Waals surface area contributed by atoms with Gasteiger partial charge in [0.2, 0.25) is 0 Å². The van der Waals surface area contributed by atoms with E-state index in [1.54, 1.807) is 11.0 Å². The van der Waals surface area contributed by atoms with Crippen LogP contribution in [0.2, 0.25) is 10.0 Å². The van der Waals surface area contributed by atoms with E-state index in [2.05, 4.69) is 26.5 Å². The van der Waals surface area contributed by atoms with Gasteiger partial charge in [-0.15, -0.1) is 10.6 Å². The maximum absolute atomic E-state index is 6.00. The SMILES string of the molecule is Clc1ccc(CCN2C=C(Cn3cnnn3)NN2)cc1Cl. The Morgan fingerprint density at radius 2 is 2.10 bits per heavy atom. The molecule has 1 aromatic heterocycles. The summed E-state index contributed by atoms with van der Waals surface area (Å²) in [6, 6.07) is 5.68. The summed E-state index contributed by atoms with van der Waals surface area (Å²) in [4.78, 5) is 0. The molecular formula is C12H13Cl2N7. The van der Waals surface area contributed by atoms with Crippen LogP contribution < -0.4 is 11.0 Å². The Kier molecular flexibility index (Phi) is 4.23. The first-order valence-corrected chi connectivity index (χ1v) is 7.10. The van der Waals surface area contributed by atoms with Gasteiger partial charge in [-0.25, -0.2) is 4.68 Å². The third kappa shape index (κ3) is 3.63. The van der Waals surface area contributed by atoms with Crippen LogP contribution in [0.5, 0.6) is 0 Å². The highest BCUT2D eigenvalue weighted by molar-refractivity contribution is 6.42. The number of aromatic nitrogens is 4.